The Hall–Kier alpha value is -2.52. The van der Waals surface area contributed by atoms with E-state index in [1.54, 1.807) is 18.3 Å². The largest absolute Gasteiger partial charge is 0.335 e. The maximum absolute atomic E-state index is 13.0. The van der Waals surface area contributed by atoms with Gasteiger partial charge in [0.05, 0.1) is 6.04 Å². The lowest BCUT2D eigenvalue weighted by Gasteiger charge is -2.15. The predicted molar refractivity (Wildman–Crippen MR) is 76.1 cm³/mol. The number of anilines is 1. The number of aromatic nitrogens is 3. The van der Waals surface area contributed by atoms with E-state index in [2.05, 4.69) is 31.6 Å². The quantitative estimate of drug-likeness (QED) is 0.359. The van der Waals surface area contributed by atoms with Crippen LogP contribution in [0.25, 0.3) is 0 Å². The second-order valence-corrected chi connectivity index (χ2v) is 4.67. The smallest absolute Gasteiger partial charge is 0.263 e. The summed E-state index contributed by atoms with van der Waals surface area (Å²) in [5.41, 5.74) is 9.92. The van der Waals surface area contributed by atoms with Crippen LogP contribution in [0.15, 0.2) is 35.7 Å². The summed E-state index contributed by atoms with van der Waals surface area (Å²) in [5, 5.41) is 11.5. The monoisotopic (exact) mass is 290 g/mol. The van der Waals surface area contributed by atoms with Gasteiger partial charge in [-0.25, -0.2) is 19.9 Å². The average molecular weight is 290 g/mol. The van der Waals surface area contributed by atoms with Gasteiger partial charge in [0.2, 0.25) is 0 Å². The lowest BCUT2D eigenvalue weighted by molar-refractivity contribution is 0.554. The fourth-order valence-corrected chi connectivity index (χ4v) is 2.16. The molecule has 5 N–H and O–H groups in total. The molecule has 0 bridgehead atoms. The number of nitrogens with zero attached hydrogens (tertiary/aromatic N) is 4. The minimum atomic E-state index is -0.251. The Morgan fingerprint density at radius 2 is 2.24 bits per heavy atom. The lowest BCUT2D eigenvalue weighted by Crippen LogP contribution is -2.25. The zero-order chi connectivity index (χ0) is 14.7. The molecule has 21 heavy (non-hydrogen) atoms. The molecular formula is C12H15FN8. The maximum Gasteiger partial charge on any atom is 0.263 e. The van der Waals surface area contributed by atoms with Gasteiger partial charge >= 0.3 is 0 Å². The summed E-state index contributed by atoms with van der Waals surface area (Å²) in [4.78, 5) is 0. The zero-order valence-corrected chi connectivity index (χ0v) is 11.1. The van der Waals surface area contributed by atoms with Gasteiger partial charge in [-0.05, 0) is 17.7 Å². The molecule has 9 heteroatoms. The molecule has 0 radical (unpaired) electrons. The molecule has 1 aromatic carbocycles. The maximum atomic E-state index is 13.0. The molecule has 1 fully saturated rings. The van der Waals surface area contributed by atoms with Crippen LogP contribution >= 0.6 is 0 Å². The second kappa shape index (κ2) is 5.85. The number of nitrogen functional groups attached to an aromatic ring is 1. The van der Waals surface area contributed by atoms with Crippen LogP contribution in [0.5, 0.6) is 0 Å². The molecule has 1 aromatic heterocycles. The first-order valence-electron chi connectivity index (χ1n) is 6.42. The molecule has 0 saturated carbocycles. The summed E-state index contributed by atoms with van der Waals surface area (Å²) < 4.78 is 14.2. The van der Waals surface area contributed by atoms with Gasteiger partial charge in [0.15, 0.2) is 0 Å². The van der Waals surface area contributed by atoms with E-state index in [1.165, 1.54) is 23.1 Å². The molecule has 3 rings (SSSR count). The van der Waals surface area contributed by atoms with E-state index in [0.29, 0.717) is 12.5 Å². The van der Waals surface area contributed by atoms with Crippen molar-refractivity contribution >= 4 is 12.2 Å². The van der Waals surface area contributed by atoms with Crippen molar-refractivity contribution in [1.82, 2.24) is 25.7 Å². The third-order valence-electron chi connectivity index (χ3n) is 3.26. The third kappa shape index (κ3) is 2.98. The van der Waals surface area contributed by atoms with Crippen LogP contribution in [0.1, 0.15) is 11.6 Å². The summed E-state index contributed by atoms with van der Waals surface area (Å²) in [5.74, 6) is 5.77. The average Bonchev–Trinajstić information content (AvgIpc) is 3.10. The molecule has 0 spiro atoms. The molecule has 1 saturated heterocycles. The molecule has 2 unspecified atom stereocenters. The standard InChI is InChI=1S/C12H15FN8/c13-10-3-1-8(2-4-10)11-9(5-15-18-11)6-16-19-12-20-17-7-21(12)14/h1-4,6-7,9,11,15,18H,5,14H2,(H,19,20)/b16-6+. The number of benzene rings is 1. The highest BCUT2D eigenvalue weighted by atomic mass is 19.1. The van der Waals surface area contributed by atoms with Crippen molar-refractivity contribution in [2.75, 3.05) is 17.8 Å². The Morgan fingerprint density at radius 3 is 2.95 bits per heavy atom. The van der Waals surface area contributed by atoms with Crippen molar-refractivity contribution in [3.05, 3.63) is 42.0 Å². The fourth-order valence-electron chi connectivity index (χ4n) is 2.16. The van der Waals surface area contributed by atoms with Crippen molar-refractivity contribution in [2.45, 2.75) is 6.04 Å². The van der Waals surface area contributed by atoms with Crippen molar-refractivity contribution in [3.8, 4) is 0 Å². The van der Waals surface area contributed by atoms with Gasteiger partial charge in [0, 0.05) is 18.7 Å². The van der Waals surface area contributed by atoms with Gasteiger partial charge in [-0.2, -0.15) is 5.10 Å². The summed E-state index contributed by atoms with van der Waals surface area (Å²) >= 11 is 0. The summed E-state index contributed by atoms with van der Waals surface area (Å²) in [6.07, 6.45) is 3.13. The molecule has 2 aromatic rings. The number of hydrogen-bond donors (Lipinski definition) is 4. The Bertz CT molecular complexity index is 622. The number of halogens is 1. The fraction of sp³-hybridized carbons (Fsp3) is 0.250. The van der Waals surface area contributed by atoms with Crippen molar-refractivity contribution < 1.29 is 4.39 Å². The second-order valence-electron chi connectivity index (χ2n) is 4.67. The minimum absolute atomic E-state index is 0.0203. The van der Waals surface area contributed by atoms with Gasteiger partial charge in [-0.1, -0.05) is 12.1 Å². The van der Waals surface area contributed by atoms with Gasteiger partial charge in [-0.15, -0.1) is 10.2 Å². The molecule has 1 aliphatic rings. The van der Waals surface area contributed by atoms with E-state index in [-0.39, 0.29) is 17.8 Å². The number of nitrogens with one attached hydrogen (secondary N) is 3. The van der Waals surface area contributed by atoms with Crippen LogP contribution in [0.4, 0.5) is 10.3 Å². The number of hydrazone groups is 1. The van der Waals surface area contributed by atoms with Gasteiger partial charge in [0.1, 0.15) is 12.1 Å². The molecule has 0 aliphatic carbocycles. The number of nitrogens with two attached hydrogens (primary N) is 1. The van der Waals surface area contributed by atoms with E-state index < -0.39 is 0 Å². The van der Waals surface area contributed by atoms with Crippen LogP contribution in [-0.4, -0.2) is 27.6 Å². The molecule has 2 heterocycles. The number of rotatable bonds is 4. The van der Waals surface area contributed by atoms with E-state index in [4.69, 9.17) is 5.84 Å². The molecule has 8 nitrogen and oxygen atoms in total. The zero-order valence-electron chi connectivity index (χ0n) is 11.1. The topological polar surface area (TPSA) is 105 Å². The first kappa shape index (κ1) is 13.5. The predicted octanol–water partition coefficient (Wildman–Crippen LogP) is -0.00600. The van der Waals surface area contributed by atoms with E-state index in [0.717, 1.165) is 5.56 Å². The number of hydrazine groups is 1. The molecule has 0 amide bonds. The van der Waals surface area contributed by atoms with E-state index in [1.807, 2.05) is 0 Å². The van der Waals surface area contributed by atoms with Crippen LogP contribution < -0.4 is 22.1 Å². The Labute approximate surface area is 120 Å². The van der Waals surface area contributed by atoms with Crippen molar-refractivity contribution in [2.24, 2.45) is 11.0 Å². The molecule has 110 valence electrons. The molecule has 2 atom stereocenters. The Balaban J connectivity index is 1.67. The van der Waals surface area contributed by atoms with Crippen LogP contribution in [-0.2, 0) is 0 Å². The lowest BCUT2D eigenvalue weighted by atomic mass is 9.96. The van der Waals surface area contributed by atoms with E-state index in [9.17, 15) is 4.39 Å². The Kier molecular flexibility index (Phi) is 3.75. The molecule has 1 aliphatic heterocycles. The molecular weight excluding hydrogens is 275 g/mol. The van der Waals surface area contributed by atoms with Gasteiger partial charge < -0.3 is 5.84 Å². The number of hydrogen-bond acceptors (Lipinski definition) is 7. The third-order valence-corrected chi connectivity index (χ3v) is 3.26. The first-order chi connectivity index (χ1) is 10.2. The highest BCUT2D eigenvalue weighted by molar-refractivity contribution is 5.64. The highest BCUT2D eigenvalue weighted by Gasteiger charge is 2.26. The highest BCUT2D eigenvalue weighted by Crippen LogP contribution is 2.23. The Morgan fingerprint density at radius 1 is 1.43 bits per heavy atom. The summed E-state index contributed by atoms with van der Waals surface area (Å²) in [6, 6.07) is 6.42. The van der Waals surface area contributed by atoms with Gasteiger partial charge in [-0.3, -0.25) is 5.43 Å². The van der Waals surface area contributed by atoms with Crippen molar-refractivity contribution in [1.29, 1.82) is 0 Å². The first-order valence-corrected chi connectivity index (χ1v) is 6.42. The SMILES string of the molecule is Nn1cnnc1N/N=C/C1CNNC1c1ccc(F)cc1. The summed E-state index contributed by atoms with van der Waals surface area (Å²) in [7, 11) is 0. The van der Waals surface area contributed by atoms with Crippen molar-refractivity contribution in [3.63, 3.8) is 0 Å². The van der Waals surface area contributed by atoms with Crippen LogP contribution in [0, 0.1) is 11.7 Å². The summed E-state index contributed by atoms with van der Waals surface area (Å²) in [6.45, 7) is 0.711. The minimum Gasteiger partial charge on any atom is -0.335 e. The normalized spacial score (nSPS) is 22.0. The van der Waals surface area contributed by atoms with E-state index >= 15 is 0 Å². The van der Waals surface area contributed by atoms with Crippen LogP contribution in [0.2, 0.25) is 0 Å². The van der Waals surface area contributed by atoms with Gasteiger partial charge in [0.25, 0.3) is 5.95 Å². The van der Waals surface area contributed by atoms with Crippen LogP contribution in [0.3, 0.4) is 0 Å².